The maximum absolute atomic E-state index is 5.63. The van der Waals surface area contributed by atoms with Crippen LogP contribution in [0.4, 0.5) is 5.82 Å². The quantitative estimate of drug-likeness (QED) is 0.719. The molecule has 0 radical (unpaired) electrons. The number of aryl methyl sites for hydroxylation is 2. The van der Waals surface area contributed by atoms with E-state index in [1.807, 2.05) is 24.7 Å². The van der Waals surface area contributed by atoms with Crippen molar-refractivity contribution in [1.82, 2.24) is 19.5 Å². The molecule has 5 nitrogen and oxygen atoms in total. The van der Waals surface area contributed by atoms with E-state index in [1.165, 1.54) is 0 Å². The highest BCUT2D eigenvalue weighted by Gasteiger charge is 2.07. The number of nitrogen functional groups attached to an aromatic ring is 1. The highest BCUT2D eigenvalue weighted by atomic mass is 15.1. The van der Waals surface area contributed by atoms with Gasteiger partial charge in [0, 0.05) is 31.2 Å². The zero-order valence-corrected chi connectivity index (χ0v) is 8.10. The molecule has 5 heteroatoms. The lowest BCUT2D eigenvalue weighted by Crippen LogP contribution is -2.01. The van der Waals surface area contributed by atoms with E-state index < -0.39 is 0 Å². The average molecular weight is 189 g/mol. The number of nitrogens with zero attached hydrogens (tertiary/aromatic N) is 4. The Hall–Kier alpha value is -1.91. The second-order valence-corrected chi connectivity index (χ2v) is 3.12. The molecule has 0 fully saturated rings. The first-order valence-corrected chi connectivity index (χ1v) is 4.25. The predicted octanol–water partition coefficient (Wildman–Crippen LogP) is 0.768. The van der Waals surface area contributed by atoms with Gasteiger partial charge in [-0.1, -0.05) is 0 Å². The Balaban J connectivity index is 2.57. The number of rotatable bonds is 1. The van der Waals surface area contributed by atoms with Crippen LogP contribution in [0.2, 0.25) is 0 Å². The second kappa shape index (κ2) is 3.10. The molecule has 2 rings (SSSR count). The lowest BCUT2D eigenvalue weighted by molar-refractivity contribution is 0.903. The Labute approximate surface area is 81.6 Å². The third kappa shape index (κ3) is 1.44. The first-order valence-electron chi connectivity index (χ1n) is 4.25. The topological polar surface area (TPSA) is 69.6 Å². The summed E-state index contributed by atoms with van der Waals surface area (Å²) in [4.78, 5) is 12.5. The van der Waals surface area contributed by atoms with Gasteiger partial charge in [-0.3, -0.25) is 0 Å². The molecule has 0 bridgehead atoms. The van der Waals surface area contributed by atoms with Crippen LogP contribution in [-0.2, 0) is 7.05 Å². The van der Waals surface area contributed by atoms with Crippen molar-refractivity contribution >= 4 is 5.82 Å². The van der Waals surface area contributed by atoms with E-state index in [4.69, 9.17) is 5.73 Å². The Bertz CT molecular complexity index is 440. The fraction of sp³-hybridized carbons (Fsp3) is 0.222. The molecule has 0 saturated heterocycles. The van der Waals surface area contributed by atoms with E-state index in [9.17, 15) is 0 Å². The largest absolute Gasteiger partial charge is 0.384 e. The normalized spacial score (nSPS) is 10.4. The third-order valence-electron chi connectivity index (χ3n) is 1.90. The van der Waals surface area contributed by atoms with E-state index in [2.05, 4.69) is 15.0 Å². The number of aromatic nitrogens is 4. The highest BCUT2D eigenvalue weighted by molar-refractivity contribution is 5.48. The summed E-state index contributed by atoms with van der Waals surface area (Å²) in [5, 5.41) is 0. The molecule has 0 aliphatic carbocycles. The van der Waals surface area contributed by atoms with Crippen LogP contribution >= 0.6 is 0 Å². The molecule has 2 heterocycles. The van der Waals surface area contributed by atoms with Crippen LogP contribution in [0.25, 0.3) is 11.6 Å². The Morgan fingerprint density at radius 3 is 2.71 bits per heavy atom. The van der Waals surface area contributed by atoms with Crippen molar-refractivity contribution in [2.75, 3.05) is 5.73 Å². The molecule has 0 saturated carbocycles. The molecule has 2 N–H and O–H groups in total. The van der Waals surface area contributed by atoms with Gasteiger partial charge in [0.1, 0.15) is 5.82 Å². The van der Waals surface area contributed by atoms with Crippen LogP contribution in [0.5, 0.6) is 0 Å². The number of anilines is 1. The summed E-state index contributed by atoms with van der Waals surface area (Å²) < 4.78 is 1.86. The molecule has 14 heavy (non-hydrogen) atoms. The van der Waals surface area contributed by atoms with Crippen LogP contribution in [0.3, 0.4) is 0 Å². The molecule has 0 amide bonds. The van der Waals surface area contributed by atoms with Gasteiger partial charge < -0.3 is 10.3 Å². The van der Waals surface area contributed by atoms with Crippen molar-refractivity contribution in [3.8, 4) is 11.6 Å². The summed E-state index contributed by atoms with van der Waals surface area (Å²) in [5.74, 6) is 1.76. The molecule has 72 valence electrons. The smallest absolute Gasteiger partial charge is 0.198 e. The molecule has 0 atom stereocenters. The lowest BCUT2D eigenvalue weighted by atomic mass is 10.4. The monoisotopic (exact) mass is 189 g/mol. The van der Waals surface area contributed by atoms with Gasteiger partial charge in [0.05, 0.1) is 0 Å². The first kappa shape index (κ1) is 8.68. The van der Waals surface area contributed by atoms with Gasteiger partial charge >= 0.3 is 0 Å². The van der Waals surface area contributed by atoms with Gasteiger partial charge in [-0.2, -0.15) is 0 Å². The summed E-state index contributed by atoms with van der Waals surface area (Å²) in [6.45, 7) is 1.88. The van der Waals surface area contributed by atoms with Crippen molar-refractivity contribution < 1.29 is 0 Å². The van der Waals surface area contributed by atoms with Crippen LogP contribution in [0.15, 0.2) is 18.5 Å². The summed E-state index contributed by atoms with van der Waals surface area (Å²) >= 11 is 0. The summed E-state index contributed by atoms with van der Waals surface area (Å²) in [6.07, 6.45) is 3.55. The first-order chi connectivity index (χ1) is 6.66. The zero-order chi connectivity index (χ0) is 10.1. The van der Waals surface area contributed by atoms with Crippen molar-refractivity contribution in [2.24, 2.45) is 7.05 Å². The number of imidazole rings is 1. The Morgan fingerprint density at radius 2 is 2.14 bits per heavy atom. The van der Waals surface area contributed by atoms with E-state index in [0.29, 0.717) is 11.6 Å². The highest BCUT2D eigenvalue weighted by Crippen LogP contribution is 2.13. The lowest BCUT2D eigenvalue weighted by Gasteiger charge is -2.02. The van der Waals surface area contributed by atoms with Crippen LogP contribution in [0.1, 0.15) is 5.69 Å². The molecule has 0 aliphatic rings. The third-order valence-corrected chi connectivity index (χ3v) is 1.90. The molecular weight excluding hydrogens is 178 g/mol. The molecule has 2 aromatic heterocycles. The van der Waals surface area contributed by atoms with E-state index in [1.54, 1.807) is 12.3 Å². The van der Waals surface area contributed by atoms with E-state index in [-0.39, 0.29) is 0 Å². The molecule has 0 aromatic carbocycles. The number of hydrogen-bond acceptors (Lipinski definition) is 4. The predicted molar refractivity (Wildman–Crippen MR) is 53.4 cm³/mol. The van der Waals surface area contributed by atoms with Crippen LogP contribution in [-0.4, -0.2) is 19.5 Å². The van der Waals surface area contributed by atoms with E-state index >= 15 is 0 Å². The second-order valence-electron chi connectivity index (χ2n) is 3.12. The summed E-state index contributed by atoms with van der Waals surface area (Å²) in [7, 11) is 1.89. The maximum atomic E-state index is 5.63. The Morgan fingerprint density at radius 1 is 1.36 bits per heavy atom. The van der Waals surface area contributed by atoms with Crippen molar-refractivity contribution in [2.45, 2.75) is 6.92 Å². The van der Waals surface area contributed by atoms with Crippen molar-refractivity contribution in [3.63, 3.8) is 0 Å². The number of hydrogen-bond donors (Lipinski definition) is 1. The molecule has 0 unspecified atom stereocenters. The van der Waals surface area contributed by atoms with Gasteiger partial charge in [0.2, 0.25) is 0 Å². The van der Waals surface area contributed by atoms with Gasteiger partial charge in [0.15, 0.2) is 11.6 Å². The number of nitrogens with two attached hydrogens (primary N) is 1. The van der Waals surface area contributed by atoms with Crippen LogP contribution in [0, 0.1) is 6.92 Å². The fourth-order valence-electron chi connectivity index (χ4n) is 1.27. The maximum Gasteiger partial charge on any atom is 0.198 e. The standard InChI is InChI=1S/C9H11N5/c1-6-5-7(10)13-8(12-6)9-11-3-4-14(9)2/h3-5H,1-2H3,(H2,10,12,13). The molecule has 0 aliphatic heterocycles. The molecular formula is C9H11N5. The fourth-order valence-corrected chi connectivity index (χ4v) is 1.27. The van der Waals surface area contributed by atoms with Gasteiger partial charge in [-0.15, -0.1) is 0 Å². The van der Waals surface area contributed by atoms with Gasteiger partial charge in [-0.05, 0) is 6.92 Å². The van der Waals surface area contributed by atoms with Gasteiger partial charge in [0.25, 0.3) is 0 Å². The van der Waals surface area contributed by atoms with E-state index in [0.717, 1.165) is 11.5 Å². The van der Waals surface area contributed by atoms with Crippen LogP contribution < -0.4 is 5.73 Å². The SMILES string of the molecule is Cc1cc(N)nc(-c2nccn2C)n1. The van der Waals surface area contributed by atoms with Crippen molar-refractivity contribution in [1.29, 1.82) is 0 Å². The summed E-state index contributed by atoms with van der Waals surface area (Å²) in [5.41, 5.74) is 6.47. The summed E-state index contributed by atoms with van der Waals surface area (Å²) in [6, 6.07) is 1.73. The zero-order valence-electron chi connectivity index (χ0n) is 8.10. The molecule has 0 spiro atoms. The minimum atomic E-state index is 0.468. The Kier molecular flexibility index (Phi) is 1.92. The molecule has 2 aromatic rings. The van der Waals surface area contributed by atoms with Gasteiger partial charge in [-0.25, -0.2) is 15.0 Å². The minimum absolute atomic E-state index is 0.468. The average Bonchev–Trinajstić information content (AvgIpc) is 2.49. The minimum Gasteiger partial charge on any atom is -0.384 e. The van der Waals surface area contributed by atoms with Crippen molar-refractivity contribution in [3.05, 3.63) is 24.2 Å².